The smallest absolute Gasteiger partial charge is 0.145 e. The van der Waals surface area contributed by atoms with Crippen LogP contribution in [0.4, 0.5) is 5.82 Å². The molecule has 2 aromatic heterocycles. The molecule has 0 spiro atoms. The van der Waals surface area contributed by atoms with Gasteiger partial charge in [-0.2, -0.15) is 0 Å². The Balaban J connectivity index is 1.50. The zero-order valence-corrected chi connectivity index (χ0v) is 12.6. The van der Waals surface area contributed by atoms with Crippen LogP contribution in [0.5, 0.6) is 5.75 Å². The van der Waals surface area contributed by atoms with Crippen molar-refractivity contribution in [3.8, 4) is 5.75 Å². The van der Waals surface area contributed by atoms with Crippen LogP contribution in [0, 0.1) is 6.92 Å². The van der Waals surface area contributed by atoms with Crippen molar-refractivity contribution < 1.29 is 4.74 Å². The molecule has 3 rings (SSSR count). The van der Waals surface area contributed by atoms with Crippen molar-refractivity contribution in [1.29, 1.82) is 0 Å². The van der Waals surface area contributed by atoms with Crippen molar-refractivity contribution >= 4 is 16.7 Å². The number of rotatable bonds is 6. The second kappa shape index (κ2) is 6.89. The molecule has 0 aliphatic heterocycles. The summed E-state index contributed by atoms with van der Waals surface area (Å²) in [6.07, 6.45) is 2.69. The largest absolute Gasteiger partial charge is 0.491 e. The van der Waals surface area contributed by atoms with E-state index < -0.39 is 0 Å². The number of aryl methyl sites for hydroxylation is 1. The fourth-order valence-corrected chi connectivity index (χ4v) is 2.30. The third-order valence-corrected chi connectivity index (χ3v) is 3.37. The van der Waals surface area contributed by atoms with Gasteiger partial charge in [-0.1, -0.05) is 24.3 Å². The van der Waals surface area contributed by atoms with E-state index in [1.54, 1.807) is 6.20 Å². The maximum Gasteiger partial charge on any atom is 0.145 e. The van der Waals surface area contributed by atoms with E-state index in [1.807, 2.05) is 55.5 Å². The molecule has 112 valence electrons. The standard InChI is InChI=1S/C18H19N3O/c1-14-6-2-10-17(21-14)19-12-5-13-22-16-9-3-7-15-8-4-11-20-18(15)16/h2-4,6-11H,5,12-13H2,1H3,(H,19,21). The quantitative estimate of drug-likeness (QED) is 0.702. The molecule has 0 saturated carbocycles. The predicted octanol–water partition coefficient (Wildman–Crippen LogP) is 3.82. The summed E-state index contributed by atoms with van der Waals surface area (Å²) in [5, 5.41) is 4.40. The van der Waals surface area contributed by atoms with Gasteiger partial charge in [0.2, 0.25) is 0 Å². The fraction of sp³-hybridized carbons (Fsp3) is 0.222. The van der Waals surface area contributed by atoms with Crippen LogP contribution in [0.3, 0.4) is 0 Å². The Hall–Kier alpha value is -2.62. The summed E-state index contributed by atoms with van der Waals surface area (Å²) >= 11 is 0. The van der Waals surface area contributed by atoms with Crippen LogP contribution in [0.15, 0.2) is 54.7 Å². The summed E-state index contributed by atoms with van der Waals surface area (Å²) in [5.74, 6) is 1.75. The molecule has 0 radical (unpaired) electrons. The molecule has 2 heterocycles. The molecule has 1 N–H and O–H groups in total. The van der Waals surface area contributed by atoms with Gasteiger partial charge in [0.15, 0.2) is 0 Å². The molecule has 0 aliphatic rings. The number of ether oxygens (including phenoxy) is 1. The number of benzene rings is 1. The zero-order chi connectivity index (χ0) is 15.2. The summed E-state index contributed by atoms with van der Waals surface area (Å²) in [5.41, 5.74) is 1.93. The summed E-state index contributed by atoms with van der Waals surface area (Å²) in [7, 11) is 0. The molecule has 3 aromatic rings. The highest BCUT2D eigenvalue weighted by Crippen LogP contribution is 2.22. The minimum Gasteiger partial charge on any atom is -0.491 e. The highest BCUT2D eigenvalue weighted by Gasteiger charge is 2.02. The molecule has 0 fully saturated rings. The molecule has 4 nitrogen and oxygen atoms in total. The van der Waals surface area contributed by atoms with E-state index in [0.717, 1.165) is 41.1 Å². The molecular weight excluding hydrogens is 274 g/mol. The van der Waals surface area contributed by atoms with Gasteiger partial charge in [0.1, 0.15) is 17.1 Å². The second-order valence-corrected chi connectivity index (χ2v) is 5.12. The van der Waals surface area contributed by atoms with Crippen molar-refractivity contribution in [3.63, 3.8) is 0 Å². The van der Waals surface area contributed by atoms with Gasteiger partial charge in [-0.15, -0.1) is 0 Å². The molecule has 0 aliphatic carbocycles. The van der Waals surface area contributed by atoms with Crippen LogP contribution in [0.25, 0.3) is 10.9 Å². The van der Waals surface area contributed by atoms with Crippen LogP contribution < -0.4 is 10.1 Å². The second-order valence-electron chi connectivity index (χ2n) is 5.12. The highest BCUT2D eigenvalue weighted by atomic mass is 16.5. The third kappa shape index (κ3) is 3.52. The van der Waals surface area contributed by atoms with E-state index in [1.165, 1.54) is 0 Å². The Morgan fingerprint density at radius 2 is 1.91 bits per heavy atom. The third-order valence-electron chi connectivity index (χ3n) is 3.37. The van der Waals surface area contributed by atoms with Crippen molar-refractivity contribution in [2.75, 3.05) is 18.5 Å². The molecule has 0 unspecified atom stereocenters. The minimum absolute atomic E-state index is 0.647. The predicted molar refractivity (Wildman–Crippen MR) is 89.3 cm³/mol. The van der Waals surface area contributed by atoms with E-state index in [2.05, 4.69) is 15.3 Å². The molecule has 22 heavy (non-hydrogen) atoms. The monoisotopic (exact) mass is 293 g/mol. The Kier molecular flexibility index (Phi) is 4.49. The maximum atomic E-state index is 5.86. The number of anilines is 1. The molecule has 0 bridgehead atoms. The first-order valence-electron chi connectivity index (χ1n) is 7.47. The van der Waals surface area contributed by atoms with Gasteiger partial charge in [0, 0.05) is 23.8 Å². The number of nitrogens with one attached hydrogen (secondary N) is 1. The lowest BCUT2D eigenvalue weighted by molar-refractivity contribution is 0.318. The SMILES string of the molecule is Cc1cccc(NCCCOc2cccc3cccnc23)n1. The fourth-order valence-electron chi connectivity index (χ4n) is 2.30. The molecule has 0 atom stereocenters. The van der Waals surface area contributed by atoms with Gasteiger partial charge in [0.25, 0.3) is 0 Å². The first kappa shape index (κ1) is 14.3. The number of hydrogen-bond donors (Lipinski definition) is 1. The van der Waals surface area contributed by atoms with Gasteiger partial charge in [-0.3, -0.25) is 4.98 Å². The van der Waals surface area contributed by atoms with Crippen LogP contribution in [0.1, 0.15) is 12.1 Å². The minimum atomic E-state index is 0.647. The normalized spacial score (nSPS) is 10.6. The average molecular weight is 293 g/mol. The Morgan fingerprint density at radius 1 is 1.05 bits per heavy atom. The number of pyridine rings is 2. The summed E-state index contributed by atoms with van der Waals surface area (Å²) in [6.45, 7) is 3.46. The maximum absolute atomic E-state index is 5.86. The Morgan fingerprint density at radius 3 is 2.82 bits per heavy atom. The average Bonchev–Trinajstić information content (AvgIpc) is 2.55. The summed E-state index contributed by atoms with van der Waals surface area (Å²) < 4.78 is 5.86. The van der Waals surface area contributed by atoms with E-state index >= 15 is 0 Å². The van der Waals surface area contributed by atoms with Crippen molar-refractivity contribution in [3.05, 3.63) is 60.4 Å². The lowest BCUT2D eigenvalue weighted by Gasteiger charge is -2.09. The zero-order valence-electron chi connectivity index (χ0n) is 12.6. The summed E-state index contributed by atoms with van der Waals surface area (Å²) in [6, 6.07) is 15.9. The topological polar surface area (TPSA) is 47.0 Å². The van der Waals surface area contributed by atoms with E-state index in [9.17, 15) is 0 Å². The number of fused-ring (bicyclic) bond motifs is 1. The van der Waals surface area contributed by atoms with Crippen molar-refractivity contribution in [1.82, 2.24) is 9.97 Å². The van der Waals surface area contributed by atoms with Crippen LogP contribution in [0.2, 0.25) is 0 Å². The van der Waals surface area contributed by atoms with Gasteiger partial charge < -0.3 is 10.1 Å². The van der Waals surface area contributed by atoms with E-state index in [0.29, 0.717) is 6.61 Å². The molecular formula is C18H19N3O. The first-order valence-corrected chi connectivity index (χ1v) is 7.47. The number of para-hydroxylation sites is 1. The molecule has 1 aromatic carbocycles. The van der Waals surface area contributed by atoms with E-state index in [4.69, 9.17) is 4.74 Å². The molecule has 4 heteroatoms. The lowest BCUT2D eigenvalue weighted by atomic mass is 10.2. The Labute approximate surface area is 130 Å². The van der Waals surface area contributed by atoms with Crippen molar-refractivity contribution in [2.45, 2.75) is 13.3 Å². The van der Waals surface area contributed by atoms with Gasteiger partial charge in [-0.05, 0) is 37.6 Å². The summed E-state index contributed by atoms with van der Waals surface area (Å²) in [4.78, 5) is 8.79. The van der Waals surface area contributed by atoms with Crippen LogP contribution >= 0.6 is 0 Å². The van der Waals surface area contributed by atoms with Crippen LogP contribution in [-0.2, 0) is 0 Å². The highest BCUT2D eigenvalue weighted by molar-refractivity contribution is 5.84. The molecule has 0 saturated heterocycles. The number of nitrogens with zero attached hydrogens (tertiary/aromatic N) is 2. The van der Waals surface area contributed by atoms with E-state index in [-0.39, 0.29) is 0 Å². The first-order chi connectivity index (χ1) is 10.8. The molecule has 0 amide bonds. The Bertz CT molecular complexity index is 753. The lowest BCUT2D eigenvalue weighted by Crippen LogP contribution is -2.08. The number of hydrogen-bond acceptors (Lipinski definition) is 4. The number of aromatic nitrogens is 2. The van der Waals surface area contributed by atoms with Gasteiger partial charge in [0.05, 0.1) is 6.61 Å². The van der Waals surface area contributed by atoms with Crippen molar-refractivity contribution in [2.24, 2.45) is 0 Å². The van der Waals surface area contributed by atoms with Gasteiger partial charge in [-0.25, -0.2) is 4.98 Å². The van der Waals surface area contributed by atoms with Crippen LogP contribution in [-0.4, -0.2) is 23.1 Å². The van der Waals surface area contributed by atoms with Gasteiger partial charge >= 0.3 is 0 Å².